The minimum atomic E-state index is -4.98. The maximum Gasteiger partial charge on any atom is 0.416 e. The molecule has 1 heterocycles. The first-order chi connectivity index (χ1) is 18.8. The second-order valence-electron chi connectivity index (χ2n) is 9.41. The van der Waals surface area contributed by atoms with Crippen LogP contribution < -0.4 is 10.1 Å². The number of carbonyl (C=O) groups is 1. The third kappa shape index (κ3) is 5.83. The van der Waals surface area contributed by atoms with Crippen molar-refractivity contribution in [3.63, 3.8) is 0 Å². The van der Waals surface area contributed by atoms with E-state index in [9.17, 15) is 40.8 Å². The first-order valence-electron chi connectivity index (χ1n) is 11.9. The molecule has 2 atom stereocenters. The summed E-state index contributed by atoms with van der Waals surface area (Å²) >= 11 is 0. The van der Waals surface area contributed by atoms with Gasteiger partial charge in [0, 0.05) is 12.8 Å². The minimum absolute atomic E-state index is 0.0267. The molecule has 1 saturated heterocycles. The van der Waals surface area contributed by atoms with Crippen molar-refractivity contribution in [2.75, 3.05) is 13.7 Å². The van der Waals surface area contributed by atoms with Crippen molar-refractivity contribution >= 4 is 6.03 Å². The number of benzene rings is 3. The highest BCUT2D eigenvalue weighted by atomic mass is 19.4. The van der Waals surface area contributed by atoms with Gasteiger partial charge in [0.2, 0.25) is 0 Å². The molecule has 0 saturated carbocycles. The highest BCUT2D eigenvalue weighted by molar-refractivity contribution is 5.78. The molecule has 0 unspecified atom stereocenters. The Morgan fingerprint density at radius 3 is 2.35 bits per heavy atom. The third-order valence-electron chi connectivity index (χ3n) is 6.67. The van der Waals surface area contributed by atoms with Crippen LogP contribution in [0.3, 0.4) is 0 Å². The molecule has 0 aliphatic carbocycles. The molecule has 1 aliphatic rings. The fraction of sp³-hybridized carbons (Fsp3) is 0.286. The molecule has 12 heteroatoms. The molecule has 2 amide bonds. The Morgan fingerprint density at radius 1 is 1.05 bits per heavy atom. The maximum atomic E-state index is 14.8. The van der Waals surface area contributed by atoms with E-state index in [1.807, 2.05) is 0 Å². The van der Waals surface area contributed by atoms with Crippen molar-refractivity contribution in [1.82, 2.24) is 10.2 Å². The average Bonchev–Trinajstić information content (AvgIpc) is 3.23. The van der Waals surface area contributed by atoms with E-state index in [-0.39, 0.29) is 23.8 Å². The predicted octanol–water partition coefficient (Wildman–Crippen LogP) is 6.42. The Morgan fingerprint density at radius 2 is 1.73 bits per heavy atom. The molecule has 3 aromatic carbocycles. The van der Waals surface area contributed by atoms with E-state index in [0.717, 1.165) is 25.3 Å². The van der Waals surface area contributed by atoms with E-state index < -0.39 is 65.4 Å². The number of nitrogens with one attached hydrogen (secondary N) is 1. The number of alkyl halides is 5. The fourth-order valence-electron chi connectivity index (χ4n) is 4.79. The largest absolute Gasteiger partial charge is 0.494 e. The lowest BCUT2D eigenvalue weighted by Gasteiger charge is -2.38. The lowest BCUT2D eigenvalue weighted by molar-refractivity contribution is -0.137. The van der Waals surface area contributed by atoms with Crippen LogP contribution in [0.25, 0.3) is 0 Å². The summed E-state index contributed by atoms with van der Waals surface area (Å²) in [5.74, 6) is -5.83. The Labute approximate surface area is 224 Å². The predicted molar refractivity (Wildman–Crippen MR) is 129 cm³/mol. The number of likely N-dealkylation sites (tertiary alicyclic amines) is 1. The highest BCUT2D eigenvalue weighted by Gasteiger charge is 2.49. The number of hydrogen-bond acceptors (Lipinski definition) is 3. The first-order valence-corrected chi connectivity index (χ1v) is 11.9. The second kappa shape index (κ2) is 10.7. The Balaban J connectivity index is 1.99. The molecule has 1 N–H and O–H groups in total. The van der Waals surface area contributed by atoms with Gasteiger partial charge in [-0.05, 0) is 47.0 Å². The fourth-order valence-corrected chi connectivity index (χ4v) is 4.79. The second-order valence-corrected chi connectivity index (χ2v) is 9.41. The topological polar surface area (TPSA) is 65.4 Å². The van der Waals surface area contributed by atoms with Crippen LogP contribution in [0.5, 0.6) is 5.75 Å². The number of amides is 2. The number of carbonyl (C=O) groups excluding carboxylic acids is 1. The smallest absolute Gasteiger partial charge is 0.416 e. The molecule has 5 nitrogen and oxygen atoms in total. The quantitative estimate of drug-likeness (QED) is 0.351. The van der Waals surface area contributed by atoms with Crippen LogP contribution in [0.1, 0.15) is 28.7 Å². The van der Waals surface area contributed by atoms with Gasteiger partial charge in [-0.15, -0.1) is 0 Å². The van der Waals surface area contributed by atoms with Crippen LogP contribution in [0, 0.1) is 23.0 Å². The van der Waals surface area contributed by atoms with Crippen LogP contribution in [0.4, 0.5) is 35.5 Å². The average molecular weight is 565 g/mol. The standard InChI is InChI=1S/C28H22F7N3O2/c1-40-24-12-18(7-8-23(24)30)27(13-17-5-3-2-4-6-17,19-9-20(28(33,34)35)11-21(29)10-19)37-25(39)38-16-26(31,32)14-22(38)15-36/h2-12,22H,13-14,16H2,1H3,(H,37,39)/t22-,27+/m0/s1. The van der Waals surface area contributed by atoms with Crippen LogP contribution in [-0.4, -0.2) is 36.5 Å². The van der Waals surface area contributed by atoms with Gasteiger partial charge in [0.25, 0.3) is 5.92 Å². The van der Waals surface area contributed by atoms with Gasteiger partial charge < -0.3 is 15.0 Å². The molecule has 0 radical (unpaired) electrons. The minimum Gasteiger partial charge on any atom is -0.494 e. The van der Waals surface area contributed by atoms with Gasteiger partial charge in [-0.1, -0.05) is 36.4 Å². The molecule has 0 spiro atoms. The van der Waals surface area contributed by atoms with Crippen molar-refractivity contribution in [3.8, 4) is 11.8 Å². The van der Waals surface area contributed by atoms with Crippen molar-refractivity contribution in [3.05, 3.63) is 101 Å². The zero-order valence-corrected chi connectivity index (χ0v) is 20.9. The number of halogens is 7. The Kier molecular flexibility index (Phi) is 7.70. The molecule has 0 bridgehead atoms. The van der Waals surface area contributed by atoms with Crippen LogP contribution >= 0.6 is 0 Å². The number of urea groups is 1. The van der Waals surface area contributed by atoms with E-state index in [2.05, 4.69) is 5.32 Å². The van der Waals surface area contributed by atoms with Gasteiger partial charge in [0.05, 0.1) is 30.8 Å². The van der Waals surface area contributed by atoms with Gasteiger partial charge in [0.15, 0.2) is 11.6 Å². The van der Waals surface area contributed by atoms with Gasteiger partial charge >= 0.3 is 12.2 Å². The monoisotopic (exact) mass is 565 g/mol. The maximum absolute atomic E-state index is 14.8. The van der Waals surface area contributed by atoms with E-state index in [0.29, 0.717) is 16.5 Å². The van der Waals surface area contributed by atoms with E-state index in [4.69, 9.17) is 4.74 Å². The van der Waals surface area contributed by atoms with Crippen LogP contribution in [0.15, 0.2) is 66.7 Å². The summed E-state index contributed by atoms with van der Waals surface area (Å²) in [4.78, 5) is 14.1. The SMILES string of the molecule is COc1cc([C@@](Cc2ccccc2)(NC(=O)N2CC(F)(F)C[C@H]2C#N)c2cc(F)cc(C(F)(F)F)c2)ccc1F. The zero-order valence-electron chi connectivity index (χ0n) is 20.9. The summed E-state index contributed by atoms with van der Waals surface area (Å²) in [7, 11) is 1.15. The molecule has 4 rings (SSSR count). The summed E-state index contributed by atoms with van der Waals surface area (Å²) in [5.41, 5.74) is -3.41. The van der Waals surface area contributed by atoms with Gasteiger partial charge in [-0.2, -0.15) is 18.4 Å². The molecule has 3 aromatic rings. The zero-order chi connectivity index (χ0) is 29.3. The number of rotatable bonds is 6. The molecular weight excluding hydrogens is 543 g/mol. The van der Waals surface area contributed by atoms with Crippen molar-refractivity contribution in [2.45, 2.75) is 36.5 Å². The molecule has 0 aromatic heterocycles. The Bertz CT molecular complexity index is 1440. The number of nitrogens with zero attached hydrogens (tertiary/aromatic N) is 2. The molecule has 1 aliphatic heterocycles. The lowest BCUT2D eigenvalue weighted by Crippen LogP contribution is -2.54. The summed E-state index contributed by atoms with van der Waals surface area (Å²) < 4.78 is 104. The van der Waals surface area contributed by atoms with E-state index in [1.54, 1.807) is 36.4 Å². The third-order valence-corrected chi connectivity index (χ3v) is 6.67. The Hall–Kier alpha value is -4.27. The molecule has 40 heavy (non-hydrogen) atoms. The molecular formula is C28H22F7N3O2. The summed E-state index contributed by atoms with van der Waals surface area (Å²) in [6, 6.07) is 11.9. The number of nitriles is 1. The van der Waals surface area contributed by atoms with Crippen molar-refractivity contribution < 1.29 is 40.3 Å². The van der Waals surface area contributed by atoms with E-state index in [1.165, 1.54) is 6.07 Å². The summed E-state index contributed by atoms with van der Waals surface area (Å²) in [6.45, 7) is -1.12. The molecule has 210 valence electrons. The van der Waals surface area contributed by atoms with Gasteiger partial charge in [-0.25, -0.2) is 22.4 Å². The molecule has 1 fully saturated rings. The number of methoxy groups -OCH3 is 1. The van der Waals surface area contributed by atoms with Crippen molar-refractivity contribution in [1.29, 1.82) is 5.26 Å². The lowest BCUT2D eigenvalue weighted by atomic mass is 9.77. The van der Waals surface area contributed by atoms with Crippen LogP contribution in [0.2, 0.25) is 0 Å². The van der Waals surface area contributed by atoms with E-state index >= 15 is 0 Å². The number of ether oxygens (including phenoxy) is 1. The van der Waals surface area contributed by atoms with Crippen LogP contribution in [-0.2, 0) is 18.1 Å². The summed E-state index contributed by atoms with van der Waals surface area (Å²) in [5, 5.41) is 11.9. The normalized spacial score (nSPS) is 18.1. The van der Waals surface area contributed by atoms with Crippen molar-refractivity contribution in [2.24, 2.45) is 0 Å². The summed E-state index contributed by atoms with van der Waals surface area (Å²) in [6.07, 6.45) is -6.23. The first kappa shape index (κ1) is 28.7. The highest BCUT2D eigenvalue weighted by Crippen LogP contribution is 2.40. The van der Waals surface area contributed by atoms with Gasteiger partial charge in [-0.3, -0.25) is 0 Å². The van der Waals surface area contributed by atoms with Gasteiger partial charge in [0.1, 0.15) is 11.9 Å². The number of hydrogen-bond donors (Lipinski definition) is 1.